The van der Waals surface area contributed by atoms with Crippen LogP contribution in [0.1, 0.15) is 73.4 Å². The third-order valence-electron chi connectivity index (χ3n) is 5.80. The lowest BCUT2D eigenvalue weighted by molar-refractivity contribution is 0.0516. The van der Waals surface area contributed by atoms with Crippen molar-refractivity contribution in [3.63, 3.8) is 0 Å². The molecule has 28 heavy (non-hydrogen) atoms. The Labute approximate surface area is 167 Å². The summed E-state index contributed by atoms with van der Waals surface area (Å²) in [5.41, 5.74) is 2.92. The molecular formula is C24H30O4. The first-order chi connectivity index (χ1) is 13.1. The average molecular weight is 383 g/mol. The summed E-state index contributed by atoms with van der Waals surface area (Å²) in [4.78, 5) is 23.8. The molecule has 0 radical (unpaired) electrons. The smallest absolute Gasteiger partial charge is 0.338 e. The third-order valence-corrected chi connectivity index (χ3v) is 5.80. The van der Waals surface area contributed by atoms with Crippen LogP contribution in [0.25, 0.3) is 0 Å². The standard InChI is InChI=1S/C24H30O4/c1-7-27-21(25)17-9-13-19(14-10-17)23(3,4)24(5,6)20-15-11-18(12-16-20)22(26)28-8-2/h9-16H,7-8H2,1-6H3. The Morgan fingerprint density at radius 3 is 1.18 bits per heavy atom. The van der Waals surface area contributed by atoms with Crippen molar-refractivity contribution in [2.45, 2.75) is 52.4 Å². The number of hydrogen-bond donors (Lipinski definition) is 0. The molecule has 0 aliphatic heterocycles. The first kappa shape index (κ1) is 21.7. The van der Waals surface area contributed by atoms with Gasteiger partial charge in [0, 0.05) is 0 Å². The van der Waals surface area contributed by atoms with Crippen LogP contribution in [0.3, 0.4) is 0 Å². The highest BCUT2D eigenvalue weighted by Gasteiger charge is 2.39. The molecule has 2 aromatic carbocycles. The normalized spacial score (nSPS) is 11.8. The van der Waals surface area contributed by atoms with E-state index in [1.54, 1.807) is 13.8 Å². The SMILES string of the molecule is CCOC(=O)c1ccc(C(C)(C)C(C)(C)c2ccc(C(=O)OCC)cc2)cc1. The Morgan fingerprint density at radius 2 is 0.929 bits per heavy atom. The molecule has 4 nitrogen and oxygen atoms in total. The van der Waals surface area contributed by atoms with Gasteiger partial charge in [-0.1, -0.05) is 52.0 Å². The molecule has 0 saturated heterocycles. The van der Waals surface area contributed by atoms with E-state index in [1.165, 1.54) is 0 Å². The van der Waals surface area contributed by atoms with Crippen LogP contribution in [-0.2, 0) is 20.3 Å². The predicted octanol–water partition coefficient (Wildman–Crippen LogP) is 5.30. The molecule has 0 N–H and O–H groups in total. The summed E-state index contributed by atoms with van der Waals surface area (Å²) in [5.74, 6) is -0.610. The minimum Gasteiger partial charge on any atom is -0.462 e. The van der Waals surface area contributed by atoms with Gasteiger partial charge in [0.2, 0.25) is 0 Å². The Kier molecular flexibility index (Phi) is 6.65. The van der Waals surface area contributed by atoms with Crippen molar-refractivity contribution in [3.8, 4) is 0 Å². The van der Waals surface area contributed by atoms with Crippen molar-refractivity contribution >= 4 is 11.9 Å². The van der Waals surface area contributed by atoms with Gasteiger partial charge in [0.15, 0.2) is 0 Å². The van der Waals surface area contributed by atoms with Gasteiger partial charge in [-0.2, -0.15) is 0 Å². The van der Waals surface area contributed by atoms with E-state index in [0.717, 1.165) is 11.1 Å². The molecule has 0 aliphatic carbocycles. The van der Waals surface area contributed by atoms with Crippen molar-refractivity contribution in [1.82, 2.24) is 0 Å². The van der Waals surface area contributed by atoms with E-state index >= 15 is 0 Å². The highest BCUT2D eigenvalue weighted by molar-refractivity contribution is 5.90. The van der Waals surface area contributed by atoms with E-state index in [9.17, 15) is 9.59 Å². The molecule has 0 fully saturated rings. The van der Waals surface area contributed by atoms with Crippen LogP contribution in [0.15, 0.2) is 48.5 Å². The molecule has 2 rings (SSSR count). The van der Waals surface area contributed by atoms with Gasteiger partial charge in [0.05, 0.1) is 24.3 Å². The van der Waals surface area contributed by atoms with Crippen LogP contribution in [0.5, 0.6) is 0 Å². The van der Waals surface area contributed by atoms with Gasteiger partial charge in [0.25, 0.3) is 0 Å². The zero-order chi connectivity index (χ0) is 20.9. The number of esters is 2. The maximum Gasteiger partial charge on any atom is 0.338 e. The zero-order valence-electron chi connectivity index (χ0n) is 17.7. The Bertz CT molecular complexity index is 743. The second kappa shape index (κ2) is 8.59. The lowest BCUT2D eigenvalue weighted by atomic mass is 9.61. The highest BCUT2D eigenvalue weighted by atomic mass is 16.5. The van der Waals surface area contributed by atoms with Crippen LogP contribution < -0.4 is 0 Å². The van der Waals surface area contributed by atoms with Crippen molar-refractivity contribution in [3.05, 3.63) is 70.8 Å². The number of carbonyl (C=O) groups excluding carboxylic acids is 2. The molecule has 0 unspecified atom stereocenters. The van der Waals surface area contributed by atoms with Crippen molar-refractivity contribution in [1.29, 1.82) is 0 Å². The summed E-state index contributed by atoms with van der Waals surface area (Å²) in [6.45, 7) is 13.1. The Morgan fingerprint density at radius 1 is 0.643 bits per heavy atom. The first-order valence-electron chi connectivity index (χ1n) is 9.70. The molecule has 150 valence electrons. The number of rotatable bonds is 7. The molecule has 0 amide bonds. The molecule has 0 spiro atoms. The fourth-order valence-corrected chi connectivity index (χ4v) is 3.20. The molecule has 2 aromatic rings. The van der Waals surface area contributed by atoms with E-state index in [-0.39, 0.29) is 22.8 Å². The molecular weight excluding hydrogens is 352 g/mol. The quantitative estimate of drug-likeness (QED) is 0.610. The lowest BCUT2D eigenvalue weighted by Gasteiger charge is -2.43. The Hall–Kier alpha value is -2.62. The second-order valence-electron chi connectivity index (χ2n) is 7.85. The van der Waals surface area contributed by atoms with Gasteiger partial charge in [-0.05, 0) is 60.1 Å². The fraction of sp³-hybridized carbons (Fsp3) is 0.417. The van der Waals surface area contributed by atoms with Crippen molar-refractivity contribution in [2.24, 2.45) is 0 Å². The average Bonchev–Trinajstić information content (AvgIpc) is 2.68. The summed E-state index contributed by atoms with van der Waals surface area (Å²) in [7, 11) is 0. The third kappa shape index (κ3) is 4.27. The van der Waals surface area contributed by atoms with Gasteiger partial charge < -0.3 is 9.47 Å². The largest absolute Gasteiger partial charge is 0.462 e. The molecule has 0 aliphatic rings. The topological polar surface area (TPSA) is 52.6 Å². The minimum atomic E-state index is -0.305. The summed E-state index contributed by atoms with van der Waals surface area (Å²) >= 11 is 0. The van der Waals surface area contributed by atoms with E-state index in [0.29, 0.717) is 24.3 Å². The maximum atomic E-state index is 11.9. The number of benzene rings is 2. The maximum absolute atomic E-state index is 11.9. The molecule has 0 heterocycles. The molecule has 0 bridgehead atoms. The van der Waals surface area contributed by atoms with Gasteiger partial charge in [-0.3, -0.25) is 0 Å². The van der Waals surface area contributed by atoms with E-state index in [4.69, 9.17) is 9.47 Å². The summed E-state index contributed by atoms with van der Waals surface area (Å²) < 4.78 is 10.1. The molecule has 0 atom stereocenters. The van der Waals surface area contributed by atoms with Crippen LogP contribution in [0, 0.1) is 0 Å². The van der Waals surface area contributed by atoms with Crippen molar-refractivity contribution < 1.29 is 19.1 Å². The van der Waals surface area contributed by atoms with Crippen LogP contribution in [-0.4, -0.2) is 25.2 Å². The predicted molar refractivity (Wildman–Crippen MR) is 111 cm³/mol. The van der Waals surface area contributed by atoms with Gasteiger partial charge in [-0.25, -0.2) is 9.59 Å². The van der Waals surface area contributed by atoms with E-state index < -0.39 is 0 Å². The lowest BCUT2D eigenvalue weighted by Crippen LogP contribution is -2.40. The fourth-order valence-electron chi connectivity index (χ4n) is 3.20. The van der Waals surface area contributed by atoms with Crippen molar-refractivity contribution in [2.75, 3.05) is 13.2 Å². The summed E-state index contributed by atoms with van der Waals surface area (Å²) in [6.07, 6.45) is 0. The molecule has 4 heteroatoms. The van der Waals surface area contributed by atoms with E-state index in [2.05, 4.69) is 27.7 Å². The van der Waals surface area contributed by atoms with Gasteiger partial charge >= 0.3 is 11.9 Å². The highest BCUT2D eigenvalue weighted by Crippen LogP contribution is 2.43. The van der Waals surface area contributed by atoms with Crippen LogP contribution >= 0.6 is 0 Å². The van der Waals surface area contributed by atoms with Crippen LogP contribution in [0.4, 0.5) is 0 Å². The summed E-state index contributed by atoms with van der Waals surface area (Å²) in [6, 6.07) is 15.2. The van der Waals surface area contributed by atoms with Crippen LogP contribution in [0.2, 0.25) is 0 Å². The second-order valence-corrected chi connectivity index (χ2v) is 7.85. The van der Waals surface area contributed by atoms with Gasteiger partial charge in [0.1, 0.15) is 0 Å². The number of hydrogen-bond acceptors (Lipinski definition) is 4. The molecule has 0 aromatic heterocycles. The number of carbonyl (C=O) groups is 2. The zero-order valence-corrected chi connectivity index (χ0v) is 17.7. The first-order valence-corrected chi connectivity index (χ1v) is 9.70. The van der Waals surface area contributed by atoms with E-state index in [1.807, 2.05) is 48.5 Å². The van der Waals surface area contributed by atoms with Gasteiger partial charge in [-0.15, -0.1) is 0 Å². The monoisotopic (exact) mass is 382 g/mol. The molecule has 0 saturated carbocycles. The summed E-state index contributed by atoms with van der Waals surface area (Å²) in [5, 5.41) is 0. The number of ether oxygens (including phenoxy) is 2. The minimum absolute atomic E-state index is 0.217. The Balaban J connectivity index is 2.30.